The molecule has 0 saturated carbocycles. The molecule has 0 aliphatic rings. The van der Waals surface area contributed by atoms with Crippen molar-refractivity contribution in [1.29, 1.82) is 0 Å². The van der Waals surface area contributed by atoms with Gasteiger partial charge in [0, 0.05) is 13.5 Å². The number of rotatable bonds is 5. The first-order valence-corrected chi connectivity index (χ1v) is 5.94. The number of aromatic carboxylic acids is 1. The van der Waals surface area contributed by atoms with Crippen LogP contribution in [0, 0.1) is 6.92 Å². The molecule has 0 aromatic carbocycles. The van der Waals surface area contributed by atoms with Crippen LogP contribution in [-0.2, 0) is 4.79 Å². The van der Waals surface area contributed by atoms with Gasteiger partial charge in [0.25, 0.3) is 0 Å². The van der Waals surface area contributed by atoms with E-state index in [1.165, 1.54) is 6.92 Å². The minimum atomic E-state index is -0.946. The van der Waals surface area contributed by atoms with Crippen molar-refractivity contribution in [3.8, 4) is 0 Å². The summed E-state index contributed by atoms with van der Waals surface area (Å²) < 4.78 is 0. The summed E-state index contributed by atoms with van der Waals surface area (Å²) in [5, 5.41) is 12.2. The van der Waals surface area contributed by atoms with E-state index in [1.807, 2.05) is 6.08 Å². The summed E-state index contributed by atoms with van der Waals surface area (Å²) in [5.41, 5.74) is 0.531. The molecule has 1 aromatic rings. The molecule has 0 spiro atoms. The highest BCUT2D eigenvalue weighted by Crippen LogP contribution is 2.19. The Morgan fingerprint density at radius 3 is 2.76 bits per heavy atom. The van der Waals surface area contributed by atoms with Gasteiger partial charge in [-0.3, -0.25) is 4.79 Å². The number of carbonyl (C=O) groups is 2. The third-order valence-electron chi connectivity index (χ3n) is 1.95. The Morgan fingerprint density at radius 2 is 2.24 bits per heavy atom. The average Bonchev–Trinajstić information content (AvgIpc) is 2.59. The molecule has 0 bridgehead atoms. The van der Waals surface area contributed by atoms with Gasteiger partial charge in [-0.25, -0.2) is 9.78 Å². The van der Waals surface area contributed by atoms with E-state index in [0.29, 0.717) is 23.7 Å². The molecule has 0 fully saturated rings. The molecule has 0 radical (unpaired) electrons. The van der Waals surface area contributed by atoms with E-state index in [1.54, 1.807) is 13.0 Å². The summed E-state index contributed by atoms with van der Waals surface area (Å²) in [5.74, 6) is -1.01. The zero-order valence-electron chi connectivity index (χ0n) is 9.69. The second-order valence-corrected chi connectivity index (χ2v) is 4.48. The van der Waals surface area contributed by atoms with Crippen LogP contribution < -0.4 is 5.32 Å². The van der Waals surface area contributed by atoms with Crippen molar-refractivity contribution >= 4 is 29.3 Å². The number of carbonyl (C=O) groups excluding carboxylic acids is 1. The number of aryl methyl sites for hydroxylation is 1. The van der Waals surface area contributed by atoms with Gasteiger partial charge in [-0.15, -0.1) is 11.3 Å². The normalized spacial score (nSPS) is 10.7. The summed E-state index contributed by atoms with van der Waals surface area (Å²) in [6.45, 7) is 3.71. The van der Waals surface area contributed by atoms with Gasteiger partial charge in [0.2, 0.25) is 5.91 Å². The second kappa shape index (κ2) is 6.15. The molecule has 17 heavy (non-hydrogen) atoms. The van der Waals surface area contributed by atoms with Crippen molar-refractivity contribution in [2.24, 2.45) is 0 Å². The summed E-state index contributed by atoms with van der Waals surface area (Å²) in [7, 11) is 0. The molecule has 92 valence electrons. The molecule has 0 aliphatic heterocycles. The molecule has 0 saturated heterocycles. The fourth-order valence-electron chi connectivity index (χ4n) is 1.20. The highest BCUT2D eigenvalue weighted by Gasteiger charge is 2.11. The van der Waals surface area contributed by atoms with Crippen LogP contribution in [0.2, 0.25) is 0 Å². The first-order chi connectivity index (χ1) is 8.00. The van der Waals surface area contributed by atoms with E-state index in [9.17, 15) is 9.59 Å². The molecule has 1 aromatic heterocycles. The maximum atomic E-state index is 10.8. The van der Waals surface area contributed by atoms with Crippen LogP contribution in [0.4, 0.5) is 0 Å². The number of aromatic nitrogens is 1. The monoisotopic (exact) mass is 254 g/mol. The van der Waals surface area contributed by atoms with Crippen molar-refractivity contribution in [1.82, 2.24) is 10.3 Å². The van der Waals surface area contributed by atoms with Gasteiger partial charge in [0.05, 0.1) is 5.69 Å². The summed E-state index contributed by atoms with van der Waals surface area (Å²) in [6.07, 6.45) is 4.33. The standard InChI is InChI=1S/C11H14N2O3S/c1-7-10(11(15)16)17-9(13-7)5-3-4-6-12-8(2)14/h3,5H,4,6H2,1-2H3,(H,12,14)(H,15,16). The van der Waals surface area contributed by atoms with E-state index < -0.39 is 5.97 Å². The lowest BCUT2D eigenvalue weighted by atomic mass is 10.3. The fraction of sp³-hybridized carbons (Fsp3) is 0.364. The number of hydrogen-bond donors (Lipinski definition) is 2. The van der Waals surface area contributed by atoms with Crippen molar-refractivity contribution in [3.63, 3.8) is 0 Å². The van der Waals surface area contributed by atoms with E-state index >= 15 is 0 Å². The maximum absolute atomic E-state index is 10.8. The average molecular weight is 254 g/mol. The highest BCUT2D eigenvalue weighted by atomic mass is 32.1. The first kappa shape index (κ1) is 13.4. The number of hydrogen-bond acceptors (Lipinski definition) is 4. The third kappa shape index (κ3) is 4.36. The predicted molar refractivity (Wildman–Crippen MR) is 66.1 cm³/mol. The van der Waals surface area contributed by atoms with Crippen LogP contribution in [0.3, 0.4) is 0 Å². The number of nitrogens with one attached hydrogen (secondary N) is 1. The van der Waals surface area contributed by atoms with Crippen molar-refractivity contribution in [2.75, 3.05) is 6.54 Å². The van der Waals surface area contributed by atoms with Crippen molar-refractivity contribution in [3.05, 3.63) is 21.7 Å². The lowest BCUT2D eigenvalue weighted by Crippen LogP contribution is -2.20. The van der Waals surface area contributed by atoms with Crippen LogP contribution >= 0.6 is 11.3 Å². The Balaban J connectivity index is 2.51. The van der Waals surface area contributed by atoms with Gasteiger partial charge in [-0.05, 0) is 19.4 Å². The minimum Gasteiger partial charge on any atom is -0.477 e. The zero-order valence-corrected chi connectivity index (χ0v) is 10.5. The molecule has 5 nitrogen and oxygen atoms in total. The molecule has 0 atom stereocenters. The van der Waals surface area contributed by atoms with Gasteiger partial charge < -0.3 is 10.4 Å². The largest absolute Gasteiger partial charge is 0.477 e. The Hall–Kier alpha value is -1.69. The number of thiazole rings is 1. The molecule has 0 aliphatic carbocycles. The van der Waals surface area contributed by atoms with E-state index in [0.717, 1.165) is 11.3 Å². The minimum absolute atomic E-state index is 0.0587. The molecule has 6 heteroatoms. The summed E-state index contributed by atoms with van der Waals surface area (Å²) >= 11 is 1.15. The number of carboxylic acid groups (broad SMARTS) is 1. The molecule has 1 heterocycles. The topological polar surface area (TPSA) is 79.3 Å². The van der Waals surface area contributed by atoms with E-state index in [-0.39, 0.29) is 10.8 Å². The summed E-state index contributed by atoms with van der Waals surface area (Å²) in [6, 6.07) is 0. The van der Waals surface area contributed by atoms with Gasteiger partial charge in [-0.2, -0.15) is 0 Å². The fourth-order valence-corrected chi connectivity index (χ4v) is 2.04. The Kier molecular flexibility index (Phi) is 4.84. The quantitative estimate of drug-likeness (QED) is 0.784. The molecular formula is C11H14N2O3S. The third-order valence-corrected chi connectivity index (χ3v) is 3.06. The van der Waals surface area contributed by atoms with Gasteiger partial charge in [0.1, 0.15) is 9.88 Å². The predicted octanol–water partition coefficient (Wildman–Crippen LogP) is 1.69. The van der Waals surface area contributed by atoms with Crippen molar-refractivity contribution < 1.29 is 14.7 Å². The molecule has 2 N–H and O–H groups in total. The maximum Gasteiger partial charge on any atom is 0.347 e. The van der Waals surface area contributed by atoms with E-state index in [4.69, 9.17) is 5.11 Å². The molecule has 1 amide bonds. The van der Waals surface area contributed by atoms with Crippen LogP contribution in [0.15, 0.2) is 6.08 Å². The number of carboxylic acids is 1. The lowest BCUT2D eigenvalue weighted by Gasteiger charge is -1.95. The summed E-state index contributed by atoms with van der Waals surface area (Å²) in [4.78, 5) is 25.8. The number of nitrogens with zero attached hydrogens (tertiary/aromatic N) is 1. The first-order valence-electron chi connectivity index (χ1n) is 5.12. The van der Waals surface area contributed by atoms with E-state index in [2.05, 4.69) is 10.3 Å². The van der Waals surface area contributed by atoms with Gasteiger partial charge in [-0.1, -0.05) is 6.08 Å². The van der Waals surface area contributed by atoms with Crippen LogP contribution in [0.25, 0.3) is 6.08 Å². The molecular weight excluding hydrogens is 240 g/mol. The Bertz CT molecular complexity index is 452. The lowest BCUT2D eigenvalue weighted by molar-refractivity contribution is -0.118. The SMILES string of the molecule is CC(=O)NCCC=Cc1nc(C)c(C(=O)O)s1. The van der Waals surface area contributed by atoms with Crippen LogP contribution in [-0.4, -0.2) is 28.5 Å². The molecule has 1 rings (SSSR count). The molecule has 0 unspecified atom stereocenters. The van der Waals surface area contributed by atoms with Crippen LogP contribution in [0.1, 0.15) is 33.7 Å². The Labute approximate surface area is 103 Å². The van der Waals surface area contributed by atoms with Gasteiger partial charge in [0.15, 0.2) is 0 Å². The second-order valence-electron chi connectivity index (χ2n) is 3.45. The number of amides is 1. The smallest absolute Gasteiger partial charge is 0.347 e. The van der Waals surface area contributed by atoms with Crippen molar-refractivity contribution in [2.45, 2.75) is 20.3 Å². The van der Waals surface area contributed by atoms with Crippen LogP contribution in [0.5, 0.6) is 0 Å². The van der Waals surface area contributed by atoms with Gasteiger partial charge >= 0.3 is 5.97 Å². The highest BCUT2D eigenvalue weighted by molar-refractivity contribution is 7.14. The Morgan fingerprint density at radius 1 is 1.53 bits per heavy atom. The zero-order chi connectivity index (χ0) is 12.8.